The molecule has 2 rings (SSSR count). The van der Waals surface area contributed by atoms with Crippen molar-refractivity contribution in [1.29, 1.82) is 0 Å². The van der Waals surface area contributed by atoms with Crippen molar-refractivity contribution in [3.8, 4) is 0 Å². The van der Waals surface area contributed by atoms with Crippen molar-refractivity contribution in [2.75, 3.05) is 19.8 Å². The van der Waals surface area contributed by atoms with Crippen LogP contribution in [-0.2, 0) is 21.4 Å². The Balaban J connectivity index is 1.97. The lowest BCUT2D eigenvalue weighted by Gasteiger charge is -2.33. The number of nitrogens with one attached hydrogen (secondary N) is 1. The Labute approximate surface area is 131 Å². The maximum Gasteiger partial charge on any atom is 0.280 e. The van der Waals surface area contributed by atoms with E-state index in [4.69, 9.17) is 16.3 Å². The van der Waals surface area contributed by atoms with Crippen LogP contribution in [0.2, 0.25) is 5.02 Å². The van der Waals surface area contributed by atoms with Gasteiger partial charge in [0.2, 0.25) is 0 Å². The van der Waals surface area contributed by atoms with Gasteiger partial charge in [-0.3, -0.25) is 0 Å². The van der Waals surface area contributed by atoms with Crippen molar-refractivity contribution < 1.29 is 13.2 Å². The number of benzene rings is 1. The monoisotopic (exact) mass is 332 g/mol. The summed E-state index contributed by atoms with van der Waals surface area (Å²) in [6.45, 7) is 4.98. The van der Waals surface area contributed by atoms with Gasteiger partial charge in [0.05, 0.1) is 13.2 Å². The van der Waals surface area contributed by atoms with Gasteiger partial charge in [0.1, 0.15) is 0 Å². The van der Waals surface area contributed by atoms with Crippen molar-refractivity contribution in [3.63, 3.8) is 0 Å². The fourth-order valence-corrected chi connectivity index (χ4v) is 4.11. The summed E-state index contributed by atoms with van der Waals surface area (Å²) in [4.78, 5) is 0. The molecule has 1 aromatic rings. The lowest BCUT2D eigenvalue weighted by Crippen LogP contribution is -2.53. The third-order valence-electron chi connectivity index (χ3n) is 3.42. The number of rotatable bonds is 5. The van der Waals surface area contributed by atoms with E-state index >= 15 is 0 Å². The molecule has 1 fully saturated rings. The molecule has 1 aliphatic heterocycles. The molecule has 118 valence electrons. The Kier molecular flexibility index (Phi) is 5.62. The topological polar surface area (TPSA) is 58.6 Å². The van der Waals surface area contributed by atoms with Crippen LogP contribution in [0.4, 0.5) is 0 Å². The van der Waals surface area contributed by atoms with Crippen molar-refractivity contribution in [1.82, 2.24) is 9.03 Å². The Morgan fingerprint density at radius 1 is 1.43 bits per heavy atom. The third-order valence-corrected chi connectivity index (χ3v) is 5.53. The fourth-order valence-electron chi connectivity index (χ4n) is 2.41. The SMILES string of the molecule is C[C@H](Cc1ccc(Cl)cc1)NS(=O)(=O)N1CCOC[C@H]1C. The molecule has 21 heavy (non-hydrogen) atoms. The smallest absolute Gasteiger partial charge is 0.280 e. The van der Waals surface area contributed by atoms with Crippen LogP contribution >= 0.6 is 11.6 Å². The maximum atomic E-state index is 12.4. The van der Waals surface area contributed by atoms with Crippen LogP contribution in [0.1, 0.15) is 19.4 Å². The summed E-state index contributed by atoms with van der Waals surface area (Å²) in [6, 6.07) is 7.10. The second-order valence-corrected chi connectivity index (χ2v) is 7.48. The summed E-state index contributed by atoms with van der Waals surface area (Å²) in [7, 11) is -3.48. The maximum absolute atomic E-state index is 12.4. The van der Waals surface area contributed by atoms with Gasteiger partial charge in [-0.15, -0.1) is 0 Å². The van der Waals surface area contributed by atoms with Crippen LogP contribution < -0.4 is 4.72 Å². The van der Waals surface area contributed by atoms with Gasteiger partial charge in [0.25, 0.3) is 10.2 Å². The lowest BCUT2D eigenvalue weighted by molar-refractivity contribution is 0.0385. The van der Waals surface area contributed by atoms with E-state index in [0.717, 1.165) is 5.56 Å². The number of hydrogen-bond donors (Lipinski definition) is 1. The number of ether oxygens (including phenoxy) is 1. The predicted molar refractivity (Wildman–Crippen MR) is 83.7 cm³/mol. The van der Waals surface area contributed by atoms with Crippen LogP contribution in [0.25, 0.3) is 0 Å². The molecule has 0 radical (unpaired) electrons. The van der Waals surface area contributed by atoms with E-state index in [1.165, 1.54) is 4.31 Å². The molecule has 7 heteroatoms. The number of halogens is 1. The van der Waals surface area contributed by atoms with Gasteiger partial charge in [-0.1, -0.05) is 23.7 Å². The Hall–Kier alpha value is -0.660. The highest BCUT2D eigenvalue weighted by Crippen LogP contribution is 2.14. The first-order valence-electron chi connectivity index (χ1n) is 7.00. The molecule has 1 saturated heterocycles. The quantitative estimate of drug-likeness (QED) is 0.895. The molecule has 0 bridgehead atoms. The molecule has 0 spiro atoms. The summed E-state index contributed by atoms with van der Waals surface area (Å²) >= 11 is 5.84. The highest BCUT2D eigenvalue weighted by atomic mass is 35.5. The summed E-state index contributed by atoms with van der Waals surface area (Å²) in [5.74, 6) is 0. The van der Waals surface area contributed by atoms with Gasteiger partial charge in [0, 0.05) is 23.7 Å². The summed E-state index contributed by atoms with van der Waals surface area (Å²) in [5.41, 5.74) is 1.05. The number of morpholine rings is 1. The van der Waals surface area contributed by atoms with Gasteiger partial charge in [-0.05, 0) is 38.0 Å². The Morgan fingerprint density at radius 3 is 2.71 bits per heavy atom. The number of nitrogens with zero attached hydrogens (tertiary/aromatic N) is 1. The molecular weight excluding hydrogens is 312 g/mol. The zero-order chi connectivity index (χ0) is 15.5. The van der Waals surface area contributed by atoms with E-state index in [1.807, 2.05) is 38.1 Å². The average molecular weight is 333 g/mol. The van der Waals surface area contributed by atoms with Crippen molar-refractivity contribution >= 4 is 21.8 Å². The molecule has 2 atom stereocenters. The van der Waals surface area contributed by atoms with E-state index in [2.05, 4.69) is 4.72 Å². The van der Waals surface area contributed by atoms with Crippen molar-refractivity contribution in [3.05, 3.63) is 34.9 Å². The fraction of sp³-hybridized carbons (Fsp3) is 0.571. The van der Waals surface area contributed by atoms with Crippen LogP contribution in [-0.4, -0.2) is 44.6 Å². The molecule has 1 aliphatic rings. The van der Waals surface area contributed by atoms with E-state index < -0.39 is 10.2 Å². The molecule has 0 saturated carbocycles. The summed E-state index contributed by atoms with van der Waals surface area (Å²) in [5, 5.41) is 0.675. The van der Waals surface area contributed by atoms with E-state index in [0.29, 0.717) is 31.2 Å². The highest BCUT2D eigenvalue weighted by molar-refractivity contribution is 7.87. The normalized spacial score (nSPS) is 22.1. The summed E-state index contributed by atoms with van der Waals surface area (Å²) in [6.07, 6.45) is 0.620. The molecule has 0 unspecified atom stereocenters. The van der Waals surface area contributed by atoms with Gasteiger partial charge < -0.3 is 4.74 Å². The van der Waals surface area contributed by atoms with Crippen LogP contribution in [0.15, 0.2) is 24.3 Å². The molecule has 5 nitrogen and oxygen atoms in total. The highest BCUT2D eigenvalue weighted by Gasteiger charge is 2.30. The zero-order valence-electron chi connectivity index (χ0n) is 12.3. The van der Waals surface area contributed by atoms with Crippen LogP contribution in [0, 0.1) is 0 Å². The van der Waals surface area contributed by atoms with Gasteiger partial charge in [0.15, 0.2) is 0 Å². The van der Waals surface area contributed by atoms with E-state index in [-0.39, 0.29) is 12.1 Å². The molecule has 0 aromatic heterocycles. The molecule has 0 amide bonds. The first-order valence-corrected chi connectivity index (χ1v) is 8.81. The molecular formula is C14H21ClN2O3S. The predicted octanol–water partition coefficient (Wildman–Crippen LogP) is 1.83. The Bertz CT molecular complexity index is 562. The lowest BCUT2D eigenvalue weighted by atomic mass is 10.1. The van der Waals surface area contributed by atoms with Crippen LogP contribution in [0.3, 0.4) is 0 Å². The molecule has 1 aromatic carbocycles. The van der Waals surface area contributed by atoms with Crippen molar-refractivity contribution in [2.24, 2.45) is 0 Å². The van der Waals surface area contributed by atoms with Crippen LogP contribution in [0.5, 0.6) is 0 Å². The minimum Gasteiger partial charge on any atom is -0.378 e. The second kappa shape index (κ2) is 7.07. The van der Waals surface area contributed by atoms with Gasteiger partial charge in [-0.2, -0.15) is 17.4 Å². The largest absolute Gasteiger partial charge is 0.378 e. The molecule has 0 aliphatic carbocycles. The van der Waals surface area contributed by atoms with Gasteiger partial charge >= 0.3 is 0 Å². The minimum absolute atomic E-state index is 0.140. The minimum atomic E-state index is -3.48. The van der Waals surface area contributed by atoms with Gasteiger partial charge in [-0.25, -0.2) is 0 Å². The number of hydrogen-bond acceptors (Lipinski definition) is 3. The molecule has 1 heterocycles. The van der Waals surface area contributed by atoms with E-state index in [9.17, 15) is 8.42 Å². The third kappa shape index (κ3) is 4.66. The summed E-state index contributed by atoms with van der Waals surface area (Å²) < 4.78 is 34.2. The second-order valence-electron chi connectivity index (χ2n) is 5.39. The first kappa shape index (κ1) is 16.7. The van der Waals surface area contributed by atoms with E-state index in [1.54, 1.807) is 0 Å². The first-order chi connectivity index (χ1) is 9.88. The van der Waals surface area contributed by atoms with Crippen molar-refractivity contribution in [2.45, 2.75) is 32.4 Å². The zero-order valence-corrected chi connectivity index (χ0v) is 13.8. The standard InChI is InChI=1S/C14H21ClN2O3S/c1-11(9-13-3-5-14(15)6-4-13)16-21(18,19)17-7-8-20-10-12(17)2/h3-6,11-12,16H,7-10H2,1-2H3/t11-,12-/m1/s1. The Morgan fingerprint density at radius 2 is 2.10 bits per heavy atom. The average Bonchev–Trinajstić information content (AvgIpc) is 2.41. The molecule has 1 N–H and O–H groups in total.